The van der Waals surface area contributed by atoms with Gasteiger partial charge in [-0.1, -0.05) is 17.3 Å². The van der Waals surface area contributed by atoms with Crippen LogP contribution in [0.3, 0.4) is 0 Å². The maximum absolute atomic E-state index is 12.9. The van der Waals surface area contributed by atoms with Crippen LogP contribution in [0.4, 0.5) is 0 Å². The van der Waals surface area contributed by atoms with Crippen molar-refractivity contribution >= 4 is 17.7 Å². The fourth-order valence-electron chi connectivity index (χ4n) is 4.00. The number of hydrogen-bond acceptors (Lipinski definition) is 7. The molecule has 0 saturated carbocycles. The molecule has 0 bridgehead atoms. The van der Waals surface area contributed by atoms with Gasteiger partial charge in [0.15, 0.2) is 0 Å². The van der Waals surface area contributed by atoms with Crippen LogP contribution in [0.2, 0.25) is 0 Å². The van der Waals surface area contributed by atoms with Crippen molar-refractivity contribution in [1.29, 1.82) is 0 Å². The van der Waals surface area contributed by atoms with Crippen LogP contribution in [0.15, 0.2) is 48.9 Å². The number of hydrogen-bond donors (Lipinski definition) is 1. The highest BCUT2D eigenvalue weighted by molar-refractivity contribution is 6.05. The van der Waals surface area contributed by atoms with Gasteiger partial charge in [0, 0.05) is 29.9 Å². The maximum atomic E-state index is 12.9. The smallest absolute Gasteiger partial charge is 0.255 e. The molecule has 1 aromatic carbocycles. The van der Waals surface area contributed by atoms with Crippen molar-refractivity contribution in [2.45, 2.75) is 38.6 Å². The van der Waals surface area contributed by atoms with Crippen LogP contribution in [0.25, 0.3) is 0 Å². The van der Waals surface area contributed by atoms with Gasteiger partial charge in [0.2, 0.25) is 11.8 Å². The van der Waals surface area contributed by atoms with E-state index in [-0.39, 0.29) is 31.4 Å². The number of piperidine rings is 1. The van der Waals surface area contributed by atoms with E-state index in [1.54, 1.807) is 41.5 Å². The van der Waals surface area contributed by atoms with Crippen LogP contribution in [-0.4, -0.2) is 48.6 Å². The van der Waals surface area contributed by atoms with Crippen molar-refractivity contribution in [2.24, 2.45) is 0 Å². The van der Waals surface area contributed by atoms with Crippen molar-refractivity contribution in [3.63, 3.8) is 0 Å². The number of aromatic nitrogens is 4. The largest absolute Gasteiger partial charge is 0.487 e. The number of pyridine rings is 1. The molecule has 1 atom stereocenters. The summed E-state index contributed by atoms with van der Waals surface area (Å²) >= 11 is 0. The van der Waals surface area contributed by atoms with Gasteiger partial charge >= 0.3 is 0 Å². The fourth-order valence-corrected chi connectivity index (χ4v) is 4.00. The minimum atomic E-state index is -0.659. The molecule has 162 valence electrons. The summed E-state index contributed by atoms with van der Waals surface area (Å²) < 4.78 is 7.67. The van der Waals surface area contributed by atoms with Gasteiger partial charge in [-0.15, -0.1) is 5.10 Å². The summed E-state index contributed by atoms with van der Waals surface area (Å²) in [4.78, 5) is 42.2. The second-order valence-corrected chi connectivity index (χ2v) is 7.74. The second kappa shape index (κ2) is 8.22. The Hall–Kier alpha value is -4.08. The first-order chi connectivity index (χ1) is 15.6. The van der Waals surface area contributed by atoms with Gasteiger partial charge in [-0.3, -0.25) is 24.7 Å². The topological polar surface area (TPSA) is 119 Å². The lowest BCUT2D eigenvalue weighted by molar-refractivity contribution is -0.136. The molecule has 32 heavy (non-hydrogen) atoms. The number of fused-ring (bicyclic) bond motifs is 1. The first-order valence-electron chi connectivity index (χ1n) is 10.3. The standard InChI is InChI=1S/C22H20N6O4/c29-20-7-6-18(21(30)24-20)28-12-17-16(22(28)31)4-1-5-19(17)32-13-15-11-27(26-25-15)10-14-3-2-8-23-9-14/h1-5,8-9,11,18H,6-7,10,12-13H2,(H,24,29,30). The minimum absolute atomic E-state index is 0.191. The normalized spacial score (nSPS) is 17.9. The predicted octanol–water partition coefficient (Wildman–Crippen LogP) is 1.06. The number of carbonyl (C=O) groups is 3. The third kappa shape index (κ3) is 3.82. The maximum Gasteiger partial charge on any atom is 0.255 e. The molecule has 10 nitrogen and oxygen atoms in total. The lowest BCUT2D eigenvalue weighted by Gasteiger charge is -2.29. The summed E-state index contributed by atoms with van der Waals surface area (Å²) in [7, 11) is 0. The van der Waals surface area contributed by atoms with E-state index in [2.05, 4.69) is 20.6 Å². The Bertz CT molecular complexity index is 1190. The van der Waals surface area contributed by atoms with Crippen LogP contribution in [-0.2, 0) is 29.3 Å². The second-order valence-electron chi connectivity index (χ2n) is 7.74. The van der Waals surface area contributed by atoms with Crippen molar-refractivity contribution < 1.29 is 19.1 Å². The van der Waals surface area contributed by atoms with Gasteiger partial charge < -0.3 is 9.64 Å². The Balaban J connectivity index is 1.27. The number of benzene rings is 1. The molecule has 0 spiro atoms. The van der Waals surface area contributed by atoms with E-state index in [0.717, 1.165) is 11.1 Å². The summed E-state index contributed by atoms with van der Waals surface area (Å²) in [6, 6.07) is 8.43. The molecule has 0 aliphatic carbocycles. The lowest BCUT2D eigenvalue weighted by atomic mass is 10.0. The van der Waals surface area contributed by atoms with Crippen LogP contribution >= 0.6 is 0 Å². The molecule has 2 aliphatic heterocycles. The monoisotopic (exact) mass is 432 g/mol. The zero-order chi connectivity index (χ0) is 22.1. The highest BCUT2D eigenvalue weighted by Crippen LogP contribution is 2.33. The van der Waals surface area contributed by atoms with Gasteiger partial charge in [0.25, 0.3) is 5.91 Å². The number of nitrogens with one attached hydrogen (secondary N) is 1. The number of amides is 3. The first-order valence-corrected chi connectivity index (χ1v) is 10.3. The Morgan fingerprint density at radius 1 is 1.16 bits per heavy atom. The Morgan fingerprint density at radius 2 is 2.06 bits per heavy atom. The van der Waals surface area contributed by atoms with E-state index >= 15 is 0 Å². The zero-order valence-electron chi connectivity index (χ0n) is 17.1. The highest BCUT2D eigenvalue weighted by Gasteiger charge is 2.40. The van der Waals surface area contributed by atoms with E-state index in [4.69, 9.17) is 4.74 Å². The van der Waals surface area contributed by atoms with Crippen LogP contribution < -0.4 is 10.1 Å². The third-order valence-electron chi connectivity index (χ3n) is 5.57. The van der Waals surface area contributed by atoms with Crippen LogP contribution in [0.1, 0.15) is 40.0 Å². The Labute approximate surface area is 183 Å². The summed E-state index contributed by atoms with van der Waals surface area (Å²) in [6.45, 7) is 0.997. The predicted molar refractivity (Wildman–Crippen MR) is 110 cm³/mol. The van der Waals surface area contributed by atoms with Crippen molar-refractivity contribution in [3.8, 4) is 5.75 Å². The average Bonchev–Trinajstić information content (AvgIpc) is 3.38. The molecule has 5 rings (SSSR count). The molecule has 0 radical (unpaired) electrons. The third-order valence-corrected chi connectivity index (χ3v) is 5.57. The van der Waals surface area contributed by atoms with E-state index in [0.29, 0.717) is 30.0 Å². The molecular weight excluding hydrogens is 412 g/mol. The summed E-state index contributed by atoms with van der Waals surface area (Å²) in [5.74, 6) is -0.416. The SMILES string of the molecule is O=C1CCC(N2Cc3c(OCc4cn(Cc5cccnc5)nn4)cccc3C2=O)C(=O)N1. The average molecular weight is 432 g/mol. The van der Waals surface area contributed by atoms with Gasteiger partial charge in [-0.2, -0.15) is 0 Å². The van der Waals surface area contributed by atoms with E-state index in [1.807, 2.05) is 12.1 Å². The molecule has 4 heterocycles. The molecule has 3 amide bonds. The van der Waals surface area contributed by atoms with Crippen LogP contribution in [0, 0.1) is 0 Å². The number of imide groups is 1. The Kier molecular flexibility index (Phi) is 5.10. The Morgan fingerprint density at radius 3 is 2.88 bits per heavy atom. The van der Waals surface area contributed by atoms with Crippen molar-refractivity contribution in [2.75, 3.05) is 0 Å². The van der Waals surface area contributed by atoms with E-state index < -0.39 is 11.9 Å². The van der Waals surface area contributed by atoms with E-state index in [1.165, 1.54) is 4.90 Å². The number of carbonyl (C=O) groups excluding carboxylic acids is 3. The minimum Gasteiger partial charge on any atom is -0.487 e. The van der Waals surface area contributed by atoms with Gasteiger partial charge in [-0.25, -0.2) is 4.68 Å². The summed E-state index contributed by atoms with van der Waals surface area (Å²) in [5.41, 5.74) is 2.90. The van der Waals surface area contributed by atoms with Gasteiger partial charge in [-0.05, 0) is 30.2 Å². The molecule has 2 aromatic heterocycles. The lowest BCUT2D eigenvalue weighted by Crippen LogP contribution is -2.52. The molecule has 1 saturated heterocycles. The van der Waals surface area contributed by atoms with Crippen LogP contribution in [0.5, 0.6) is 5.75 Å². The van der Waals surface area contributed by atoms with Crippen molar-refractivity contribution in [3.05, 3.63) is 71.3 Å². The van der Waals surface area contributed by atoms with Gasteiger partial charge in [0.05, 0.1) is 19.3 Å². The summed E-state index contributed by atoms with van der Waals surface area (Å²) in [5, 5.41) is 10.6. The fraction of sp³-hybridized carbons (Fsp3) is 0.273. The zero-order valence-corrected chi connectivity index (χ0v) is 17.1. The molecule has 1 fully saturated rings. The number of nitrogens with zero attached hydrogens (tertiary/aromatic N) is 5. The molecule has 1 unspecified atom stereocenters. The number of rotatable bonds is 6. The summed E-state index contributed by atoms with van der Waals surface area (Å²) in [6.07, 6.45) is 5.83. The quantitative estimate of drug-likeness (QED) is 0.579. The molecule has 1 N–H and O–H groups in total. The van der Waals surface area contributed by atoms with Crippen molar-refractivity contribution in [1.82, 2.24) is 30.2 Å². The number of ether oxygens (including phenoxy) is 1. The molecule has 2 aliphatic rings. The molecule has 3 aromatic rings. The van der Waals surface area contributed by atoms with Gasteiger partial charge in [0.1, 0.15) is 24.1 Å². The molecule has 10 heteroatoms. The first kappa shape index (κ1) is 19.9. The highest BCUT2D eigenvalue weighted by atomic mass is 16.5. The molecular formula is C22H20N6O4. The van der Waals surface area contributed by atoms with E-state index in [9.17, 15) is 14.4 Å².